The minimum atomic E-state index is -0.540. The Morgan fingerprint density at radius 1 is 1.23 bits per heavy atom. The average Bonchev–Trinajstić information content (AvgIpc) is 2.92. The summed E-state index contributed by atoms with van der Waals surface area (Å²) in [5.74, 6) is 1.35. The molecular weight excluding hydrogens is 366 g/mol. The molecule has 0 spiro atoms. The van der Waals surface area contributed by atoms with Gasteiger partial charge in [0.25, 0.3) is 5.91 Å². The van der Waals surface area contributed by atoms with Crippen molar-refractivity contribution >= 4 is 33.2 Å². The Kier molecular flexibility index (Phi) is 5.85. The van der Waals surface area contributed by atoms with Gasteiger partial charge in [-0.2, -0.15) is 0 Å². The van der Waals surface area contributed by atoms with Crippen molar-refractivity contribution in [1.29, 1.82) is 0 Å². The monoisotopic (exact) mass is 383 g/mol. The van der Waals surface area contributed by atoms with E-state index in [1.165, 1.54) is 0 Å². The molecule has 0 aliphatic heterocycles. The number of thiophene rings is 1. The average molecular weight is 384 g/mol. The fourth-order valence-electron chi connectivity index (χ4n) is 1.97. The van der Waals surface area contributed by atoms with Gasteiger partial charge in [-0.3, -0.25) is 4.79 Å². The summed E-state index contributed by atoms with van der Waals surface area (Å²) in [4.78, 5) is 15.1. The van der Waals surface area contributed by atoms with E-state index in [1.54, 1.807) is 61.6 Å². The van der Waals surface area contributed by atoms with Crippen LogP contribution in [0.25, 0.3) is 0 Å². The first-order chi connectivity index (χ1) is 10.5. The zero-order valence-electron chi connectivity index (χ0n) is 12.7. The number of rotatable bonds is 6. The molecule has 0 saturated carbocycles. The van der Waals surface area contributed by atoms with Gasteiger partial charge < -0.3 is 14.4 Å². The second-order valence-corrected chi connectivity index (χ2v) is 7.38. The highest BCUT2D eigenvalue weighted by Gasteiger charge is 2.19. The molecule has 2 rings (SSSR count). The van der Waals surface area contributed by atoms with Crippen molar-refractivity contribution in [2.24, 2.45) is 0 Å². The molecule has 1 atom stereocenters. The van der Waals surface area contributed by atoms with Crippen molar-refractivity contribution in [2.75, 3.05) is 14.2 Å². The second kappa shape index (κ2) is 7.65. The molecule has 6 heteroatoms. The summed E-state index contributed by atoms with van der Waals surface area (Å²) in [6.45, 7) is 2.33. The number of carbonyl (C=O) groups is 1. The first-order valence-electron chi connectivity index (χ1n) is 6.79. The number of halogens is 1. The van der Waals surface area contributed by atoms with E-state index >= 15 is 0 Å². The molecule has 0 N–H and O–H groups in total. The Morgan fingerprint density at radius 3 is 2.41 bits per heavy atom. The summed E-state index contributed by atoms with van der Waals surface area (Å²) >= 11 is 5.05. The van der Waals surface area contributed by atoms with Crippen LogP contribution in [0.3, 0.4) is 0 Å². The van der Waals surface area contributed by atoms with Gasteiger partial charge in [0.1, 0.15) is 11.5 Å². The molecule has 0 unspecified atom stereocenters. The van der Waals surface area contributed by atoms with Crippen LogP contribution >= 0.6 is 27.3 Å². The summed E-state index contributed by atoms with van der Waals surface area (Å²) in [6.07, 6.45) is -0.540. The SMILES string of the molecule is COc1ccc(O[C@H](C)C(=O)N(C)Cc2ccc(Br)s2)cc1. The van der Waals surface area contributed by atoms with Crippen LogP contribution in [0.2, 0.25) is 0 Å². The van der Waals surface area contributed by atoms with Gasteiger partial charge in [0.15, 0.2) is 6.10 Å². The minimum Gasteiger partial charge on any atom is -0.497 e. The lowest BCUT2D eigenvalue weighted by Gasteiger charge is -2.21. The molecule has 0 fully saturated rings. The number of ether oxygens (including phenoxy) is 2. The zero-order valence-corrected chi connectivity index (χ0v) is 15.1. The smallest absolute Gasteiger partial charge is 0.263 e. The first kappa shape index (κ1) is 16.8. The standard InChI is InChI=1S/C16H18BrNO3S/c1-11(21-13-6-4-12(20-3)5-7-13)16(19)18(2)10-14-8-9-15(17)22-14/h4-9,11H,10H2,1-3H3/t11-/m1/s1. The number of likely N-dealkylation sites (N-methyl/N-ethyl adjacent to an activating group) is 1. The van der Waals surface area contributed by atoms with Crippen molar-refractivity contribution in [3.05, 3.63) is 45.1 Å². The molecule has 0 bridgehead atoms. The number of hydrogen-bond donors (Lipinski definition) is 0. The van der Waals surface area contributed by atoms with Gasteiger partial charge in [0, 0.05) is 11.9 Å². The minimum absolute atomic E-state index is 0.0552. The molecule has 0 radical (unpaired) electrons. The third-order valence-corrected chi connectivity index (χ3v) is 4.73. The van der Waals surface area contributed by atoms with E-state index in [2.05, 4.69) is 15.9 Å². The van der Waals surface area contributed by atoms with E-state index in [-0.39, 0.29) is 5.91 Å². The van der Waals surface area contributed by atoms with Crippen molar-refractivity contribution in [3.63, 3.8) is 0 Å². The lowest BCUT2D eigenvalue weighted by molar-refractivity contribution is -0.137. The molecule has 22 heavy (non-hydrogen) atoms. The second-order valence-electron chi connectivity index (χ2n) is 4.84. The van der Waals surface area contributed by atoms with Gasteiger partial charge in [-0.1, -0.05) is 0 Å². The predicted molar refractivity (Wildman–Crippen MR) is 91.6 cm³/mol. The molecule has 0 aliphatic carbocycles. The molecular formula is C16H18BrNO3S. The molecule has 0 aliphatic rings. The molecule has 1 amide bonds. The topological polar surface area (TPSA) is 38.8 Å². The van der Waals surface area contributed by atoms with E-state index in [0.717, 1.165) is 14.4 Å². The molecule has 118 valence electrons. The van der Waals surface area contributed by atoms with Crippen LogP contribution < -0.4 is 9.47 Å². The fourth-order valence-corrected chi connectivity index (χ4v) is 3.50. The molecule has 1 heterocycles. The van der Waals surface area contributed by atoms with Crippen LogP contribution in [-0.2, 0) is 11.3 Å². The maximum atomic E-state index is 12.4. The Bertz CT molecular complexity index is 627. The van der Waals surface area contributed by atoms with Crippen LogP contribution in [0, 0.1) is 0 Å². The van der Waals surface area contributed by atoms with Crippen LogP contribution in [-0.4, -0.2) is 31.1 Å². The number of carbonyl (C=O) groups excluding carboxylic acids is 1. The maximum Gasteiger partial charge on any atom is 0.263 e. The molecule has 2 aromatic rings. The third-order valence-electron chi connectivity index (χ3n) is 3.12. The van der Waals surface area contributed by atoms with Gasteiger partial charge in [-0.25, -0.2) is 0 Å². The summed E-state index contributed by atoms with van der Waals surface area (Å²) < 4.78 is 11.8. The number of benzene rings is 1. The molecule has 1 aromatic carbocycles. The Morgan fingerprint density at radius 2 is 1.86 bits per heavy atom. The van der Waals surface area contributed by atoms with Crippen molar-refractivity contribution in [3.8, 4) is 11.5 Å². The van der Waals surface area contributed by atoms with E-state index < -0.39 is 6.10 Å². The van der Waals surface area contributed by atoms with E-state index in [1.807, 2.05) is 12.1 Å². The molecule has 1 aromatic heterocycles. The van der Waals surface area contributed by atoms with Gasteiger partial charge in [-0.15, -0.1) is 11.3 Å². The summed E-state index contributed by atoms with van der Waals surface area (Å²) in [6, 6.07) is 11.2. The Labute approximate surface area is 142 Å². The summed E-state index contributed by atoms with van der Waals surface area (Å²) in [5, 5.41) is 0. The quantitative estimate of drug-likeness (QED) is 0.757. The first-order valence-corrected chi connectivity index (χ1v) is 8.40. The van der Waals surface area contributed by atoms with Gasteiger partial charge in [0.2, 0.25) is 0 Å². The summed E-state index contributed by atoms with van der Waals surface area (Å²) in [7, 11) is 3.39. The summed E-state index contributed by atoms with van der Waals surface area (Å²) in [5.41, 5.74) is 0. The van der Waals surface area contributed by atoms with Crippen LogP contribution in [0.15, 0.2) is 40.2 Å². The van der Waals surface area contributed by atoms with Crippen molar-refractivity contribution in [2.45, 2.75) is 19.6 Å². The van der Waals surface area contributed by atoms with E-state index in [9.17, 15) is 4.79 Å². The van der Waals surface area contributed by atoms with Crippen LogP contribution in [0.4, 0.5) is 0 Å². The number of methoxy groups -OCH3 is 1. The van der Waals surface area contributed by atoms with Gasteiger partial charge in [-0.05, 0) is 59.3 Å². The highest BCUT2D eigenvalue weighted by atomic mass is 79.9. The normalized spacial score (nSPS) is 11.8. The highest BCUT2D eigenvalue weighted by molar-refractivity contribution is 9.11. The number of hydrogen-bond acceptors (Lipinski definition) is 4. The highest BCUT2D eigenvalue weighted by Crippen LogP contribution is 2.23. The lowest BCUT2D eigenvalue weighted by atomic mass is 10.3. The maximum absolute atomic E-state index is 12.4. The van der Waals surface area contributed by atoms with E-state index in [0.29, 0.717) is 12.3 Å². The van der Waals surface area contributed by atoms with Crippen molar-refractivity contribution < 1.29 is 14.3 Å². The van der Waals surface area contributed by atoms with Gasteiger partial charge >= 0.3 is 0 Å². The number of nitrogens with zero attached hydrogens (tertiary/aromatic N) is 1. The largest absolute Gasteiger partial charge is 0.497 e. The predicted octanol–water partition coefficient (Wildman–Crippen LogP) is 3.95. The van der Waals surface area contributed by atoms with Crippen LogP contribution in [0.1, 0.15) is 11.8 Å². The Hall–Kier alpha value is -1.53. The zero-order chi connectivity index (χ0) is 16.1. The van der Waals surface area contributed by atoms with E-state index in [4.69, 9.17) is 9.47 Å². The Balaban J connectivity index is 1.92. The van der Waals surface area contributed by atoms with Crippen molar-refractivity contribution in [1.82, 2.24) is 4.90 Å². The third kappa shape index (κ3) is 4.48. The van der Waals surface area contributed by atoms with Gasteiger partial charge in [0.05, 0.1) is 17.4 Å². The molecule has 0 saturated heterocycles. The molecule has 4 nitrogen and oxygen atoms in total. The lowest BCUT2D eigenvalue weighted by Crippen LogP contribution is -2.37. The number of amides is 1. The fraction of sp³-hybridized carbons (Fsp3) is 0.312. The van der Waals surface area contributed by atoms with Crippen LogP contribution in [0.5, 0.6) is 11.5 Å².